The van der Waals surface area contributed by atoms with E-state index in [9.17, 15) is 4.79 Å². The molecule has 2 amide bonds. The number of nitrogens with one attached hydrogen (secondary N) is 1. The van der Waals surface area contributed by atoms with E-state index < -0.39 is 0 Å². The molecule has 32 heavy (non-hydrogen) atoms. The van der Waals surface area contributed by atoms with Crippen molar-refractivity contribution in [3.8, 4) is 5.00 Å². The van der Waals surface area contributed by atoms with E-state index in [1.165, 1.54) is 46.7 Å². The molecule has 0 unspecified atom stereocenters. The number of benzene rings is 1. The zero-order chi connectivity index (χ0) is 21.7. The van der Waals surface area contributed by atoms with Crippen LogP contribution in [0.1, 0.15) is 71.8 Å². The molecule has 2 aliphatic carbocycles. The fourth-order valence-electron chi connectivity index (χ4n) is 5.74. The Morgan fingerprint density at radius 3 is 2.72 bits per heavy atom. The van der Waals surface area contributed by atoms with Crippen molar-refractivity contribution in [3.63, 3.8) is 0 Å². The summed E-state index contributed by atoms with van der Waals surface area (Å²) in [6.07, 6.45) is 11.5. The second-order valence-corrected chi connectivity index (χ2v) is 10.8. The van der Waals surface area contributed by atoms with E-state index in [1.807, 2.05) is 29.5 Å². The van der Waals surface area contributed by atoms with E-state index in [2.05, 4.69) is 39.2 Å². The minimum atomic E-state index is -0.177. The molecule has 0 saturated heterocycles. The van der Waals surface area contributed by atoms with Crippen LogP contribution in [0.3, 0.4) is 0 Å². The van der Waals surface area contributed by atoms with Crippen LogP contribution in [0.2, 0.25) is 5.02 Å². The second kappa shape index (κ2) is 8.27. The van der Waals surface area contributed by atoms with E-state index in [0.29, 0.717) is 11.6 Å². The maximum Gasteiger partial charge on any atom is 0.318 e. The largest absolute Gasteiger partial charge is 0.335 e. The molecule has 1 saturated carbocycles. The smallest absolute Gasteiger partial charge is 0.318 e. The number of carbonyl (C=O) groups excluding carboxylic acids is 1. The molecule has 166 valence electrons. The molecule has 1 fully saturated rings. The van der Waals surface area contributed by atoms with Crippen LogP contribution >= 0.6 is 22.9 Å². The number of aryl methyl sites for hydroxylation is 1. The van der Waals surface area contributed by atoms with Gasteiger partial charge in [0.05, 0.1) is 18.3 Å². The molecule has 6 rings (SSSR count). The highest BCUT2D eigenvalue weighted by atomic mass is 35.5. The number of rotatable bonds is 2. The van der Waals surface area contributed by atoms with Gasteiger partial charge in [-0.2, -0.15) is 0 Å². The number of amides is 2. The van der Waals surface area contributed by atoms with Crippen LogP contribution < -0.4 is 5.32 Å². The number of thiophene rings is 1. The van der Waals surface area contributed by atoms with Crippen molar-refractivity contribution in [2.45, 2.75) is 70.0 Å². The van der Waals surface area contributed by atoms with Crippen molar-refractivity contribution in [2.24, 2.45) is 0 Å². The van der Waals surface area contributed by atoms with Gasteiger partial charge in [0, 0.05) is 27.7 Å². The van der Waals surface area contributed by atoms with E-state index in [0.717, 1.165) is 36.9 Å². The van der Waals surface area contributed by atoms with Crippen molar-refractivity contribution in [3.05, 3.63) is 74.9 Å². The van der Waals surface area contributed by atoms with Crippen molar-refractivity contribution in [2.75, 3.05) is 0 Å². The summed E-state index contributed by atoms with van der Waals surface area (Å²) < 4.78 is 2.33. The van der Waals surface area contributed by atoms with Gasteiger partial charge < -0.3 is 14.8 Å². The summed E-state index contributed by atoms with van der Waals surface area (Å²) in [5, 5.41) is 5.36. The molecule has 0 spiro atoms. The molecule has 0 bridgehead atoms. The lowest BCUT2D eigenvalue weighted by molar-refractivity contribution is 0.176. The highest BCUT2D eigenvalue weighted by molar-refractivity contribution is 7.15. The summed E-state index contributed by atoms with van der Waals surface area (Å²) in [4.78, 5) is 17.4. The Kier molecular flexibility index (Phi) is 5.27. The number of fused-ring (bicyclic) bond motifs is 5. The number of carbonyl (C=O) groups is 1. The van der Waals surface area contributed by atoms with Crippen molar-refractivity contribution in [1.82, 2.24) is 14.8 Å². The van der Waals surface area contributed by atoms with Gasteiger partial charge >= 0.3 is 6.03 Å². The third-order valence-electron chi connectivity index (χ3n) is 7.29. The normalized spacial score (nSPS) is 20.4. The van der Waals surface area contributed by atoms with E-state index in [1.54, 1.807) is 0 Å². The first-order valence-electron chi connectivity index (χ1n) is 11.8. The summed E-state index contributed by atoms with van der Waals surface area (Å²) in [7, 11) is 0. The Labute approximate surface area is 198 Å². The Hall–Kier alpha value is -2.24. The Morgan fingerprint density at radius 1 is 1.03 bits per heavy atom. The summed E-state index contributed by atoms with van der Waals surface area (Å²) in [6, 6.07) is 12.4. The standard InChI is InChI=1S/C26H28ClN3OS/c27-18-8-5-7-17(15-18)24-22-12-6-14-29(22)25-21(20-11-3-4-13-23(20)32-25)16-30(24)26(31)28-19-9-1-2-10-19/h5-8,12,14-15,19,24H,1-4,9-11,13,16H2,(H,28,31)/t24-/m1/s1. The minimum Gasteiger partial charge on any atom is -0.335 e. The Balaban J connectivity index is 1.49. The van der Waals surface area contributed by atoms with E-state index in [4.69, 9.17) is 11.6 Å². The van der Waals surface area contributed by atoms with Crippen LogP contribution in [-0.4, -0.2) is 21.5 Å². The van der Waals surface area contributed by atoms with Gasteiger partial charge in [0.15, 0.2) is 0 Å². The molecule has 4 nitrogen and oxygen atoms in total. The van der Waals surface area contributed by atoms with E-state index in [-0.39, 0.29) is 18.1 Å². The van der Waals surface area contributed by atoms with Crippen molar-refractivity contribution in [1.29, 1.82) is 0 Å². The van der Waals surface area contributed by atoms with Crippen LogP contribution in [-0.2, 0) is 19.4 Å². The molecule has 1 N–H and O–H groups in total. The van der Waals surface area contributed by atoms with Crippen molar-refractivity contribution < 1.29 is 4.79 Å². The van der Waals surface area contributed by atoms with Gasteiger partial charge in [-0.1, -0.05) is 36.6 Å². The number of aromatic nitrogens is 1. The maximum absolute atomic E-state index is 13.8. The predicted octanol–water partition coefficient (Wildman–Crippen LogP) is 6.63. The number of nitrogens with zero attached hydrogens (tertiary/aromatic N) is 2. The molecule has 2 aromatic heterocycles. The van der Waals surface area contributed by atoms with Crippen LogP contribution in [0.5, 0.6) is 0 Å². The fraction of sp³-hybridized carbons (Fsp3) is 0.423. The summed E-state index contributed by atoms with van der Waals surface area (Å²) in [6.45, 7) is 0.637. The zero-order valence-corrected chi connectivity index (χ0v) is 19.7. The Bertz CT molecular complexity index is 1160. The van der Waals surface area contributed by atoms with Gasteiger partial charge in [0.1, 0.15) is 5.00 Å². The molecule has 0 radical (unpaired) electrons. The third kappa shape index (κ3) is 3.46. The van der Waals surface area contributed by atoms with Crippen LogP contribution in [0, 0.1) is 0 Å². The molecule has 3 aliphatic rings. The lowest BCUT2D eigenvalue weighted by Gasteiger charge is -2.32. The minimum absolute atomic E-state index is 0.0400. The van der Waals surface area contributed by atoms with Gasteiger partial charge in [0.25, 0.3) is 0 Å². The van der Waals surface area contributed by atoms with Crippen LogP contribution in [0.15, 0.2) is 42.6 Å². The third-order valence-corrected chi connectivity index (χ3v) is 8.86. The monoisotopic (exact) mass is 465 g/mol. The van der Waals surface area contributed by atoms with Gasteiger partial charge in [-0.05, 0) is 73.9 Å². The van der Waals surface area contributed by atoms with Gasteiger partial charge in [-0.25, -0.2) is 4.79 Å². The molecular formula is C26H28ClN3OS. The van der Waals surface area contributed by atoms with Gasteiger partial charge in [-0.3, -0.25) is 0 Å². The summed E-state index contributed by atoms with van der Waals surface area (Å²) >= 11 is 8.33. The first-order valence-corrected chi connectivity index (χ1v) is 13.0. The second-order valence-electron chi connectivity index (χ2n) is 9.31. The zero-order valence-electron chi connectivity index (χ0n) is 18.1. The first-order chi connectivity index (χ1) is 15.7. The van der Waals surface area contributed by atoms with Crippen molar-refractivity contribution >= 4 is 29.0 Å². The molecule has 1 atom stereocenters. The lowest BCUT2D eigenvalue weighted by atomic mass is 9.95. The SMILES string of the molecule is O=C(NC1CCCC1)N1Cc2c(sc3c2CCCC3)-n2cccc2[C@H]1c1cccc(Cl)c1. The molecular weight excluding hydrogens is 438 g/mol. The summed E-state index contributed by atoms with van der Waals surface area (Å²) in [5.41, 5.74) is 5.02. The molecule has 6 heteroatoms. The lowest BCUT2D eigenvalue weighted by Crippen LogP contribution is -2.45. The van der Waals surface area contributed by atoms with E-state index >= 15 is 0 Å². The molecule has 3 heterocycles. The quantitative estimate of drug-likeness (QED) is 0.453. The van der Waals surface area contributed by atoms with Crippen LogP contribution in [0.4, 0.5) is 4.79 Å². The number of urea groups is 1. The number of halogens is 1. The molecule has 1 aromatic carbocycles. The summed E-state index contributed by atoms with van der Waals surface area (Å²) in [5.74, 6) is 0. The highest BCUT2D eigenvalue weighted by Crippen LogP contribution is 2.44. The average molecular weight is 466 g/mol. The number of hydrogen-bond acceptors (Lipinski definition) is 2. The fourth-order valence-corrected chi connectivity index (χ4v) is 7.34. The van der Waals surface area contributed by atoms with Gasteiger partial charge in [-0.15, -0.1) is 11.3 Å². The van der Waals surface area contributed by atoms with Gasteiger partial charge in [0.2, 0.25) is 0 Å². The highest BCUT2D eigenvalue weighted by Gasteiger charge is 2.36. The first kappa shape index (κ1) is 20.4. The average Bonchev–Trinajstić information content (AvgIpc) is 3.53. The Morgan fingerprint density at radius 2 is 1.88 bits per heavy atom. The molecule has 3 aromatic rings. The maximum atomic E-state index is 13.8. The topological polar surface area (TPSA) is 37.3 Å². The van der Waals surface area contributed by atoms with Crippen LogP contribution in [0.25, 0.3) is 5.00 Å². The predicted molar refractivity (Wildman–Crippen MR) is 130 cm³/mol. The molecule has 1 aliphatic heterocycles. The number of hydrogen-bond donors (Lipinski definition) is 1.